The summed E-state index contributed by atoms with van der Waals surface area (Å²) < 4.78 is 15.0. The van der Waals surface area contributed by atoms with E-state index < -0.39 is 5.79 Å². The van der Waals surface area contributed by atoms with Crippen LogP contribution in [0.3, 0.4) is 0 Å². The maximum Gasteiger partial charge on any atom is 0.165 e. The highest BCUT2D eigenvalue weighted by Gasteiger charge is 2.71. The van der Waals surface area contributed by atoms with Gasteiger partial charge in [-0.3, -0.25) is 0 Å². The van der Waals surface area contributed by atoms with Gasteiger partial charge in [0.2, 0.25) is 0 Å². The van der Waals surface area contributed by atoms with Gasteiger partial charge in [0.25, 0.3) is 0 Å². The van der Waals surface area contributed by atoms with Crippen LogP contribution >= 0.6 is 0 Å². The standard InChI is InChI=1S/C20H30N6O2/c1-5-6-25(4)9-12-7-20(12)8-13(15-16(20)28-19(2,3)27-15)26-11-24-14-17(21)22-10-23-18(14)26/h10-13,15-16H,5-9H2,1-4H3,(H2,21,22,23)/t12-,13-,15?,16?,20+/m1/s1. The lowest BCUT2D eigenvalue weighted by Crippen LogP contribution is -2.30. The van der Waals surface area contributed by atoms with Gasteiger partial charge in [-0.2, -0.15) is 0 Å². The van der Waals surface area contributed by atoms with Crippen LogP contribution in [0.1, 0.15) is 46.1 Å². The summed E-state index contributed by atoms with van der Waals surface area (Å²) in [5, 5.41) is 0. The zero-order chi connectivity index (χ0) is 19.7. The van der Waals surface area contributed by atoms with Crippen molar-refractivity contribution < 1.29 is 9.47 Å². The van der Waals surface area contributed by atoms with Gasteiger partial charge in [-0.15, -0.1) is 0 Å². The number of nitrogens with zero attached hydrogens (tertiary/aromatic N) is 5. The highest BCUT2D eigenvalue weighted by Crippen LogP contribution is 2.69. The molecule has 28 heavy (non-hydrogen) atoms. The van der Waals surface area contributed by atoms with Crippen LogP contribution in [0.2, 0.25) is 0 Å². The van der Waals surface area contributed by atoms with Gasteiger partial charge < -0.3 is 24.7 Å². The average Bonchev–Trinajstić information content (AvgIpc) is 2.92. The molecule has 5 rings (SSSR count). The predicted octanol–water partition coefficient (Wildman–Crippen LogP) is 2.22. The van der Waals surface area contributed by atoms with Crippen LogP contribution in [-0.2, 0) is 9.47 Å². The van der Waals surface area contributed by atoms with Crippen LogP contribution in [0, 0.1) is 11.3 Å². The van der Waals surface area contributed by atoms with E-state index in [1.165, 1.54) is 19.2 Å². The summed E-state index contributed by atoms with van der Waals surface area (Å²) in [6.45, 7) is 8.52. The Balaban J connectivity index is 1.48. The van der Waals surface area contributed by atoms with Crippen molar-refractivity contribution in [3.05, 3.63) is 12.7 Å². The van der Waals surface area contributed by atoms with Gasteiger partial charge >= 0.3 is 0 Å². The number of nitrogen functional groups attached to an aromatic ring is 1. The third kappa shape index (κ3) is 2.65. The SMILES string of the molecule is CCCN(C)C[C@H]1C[C@]12C[C@@H](n1cnc3c(N)ncnc31)C1OC(C)(C)OC12. The predicted molar refractivity (Wildman–Crippen MR) is 106 cm³/mol. The van der Waals surface area contributed by atoms with Crippen LogP contribution in [0.4, 0.5) is 5.82 Å². The maximum atomic E-state index is 6.45. The molecule has 0 aromatic carbocycles. The molecule has 1 aliphatic heterocycles. The lowest BCUT2D eigenvalue weighted by molar-refractivity contribution is -0.163. The summed E-state index contributed by atoms with van der Waals surface area (Å²) in [5.74, 6) is 0.504. The number of aromatic nitrogens is 4. The Hall–Kier alpha value is -1.77. The fraction of sp³-hybridized carbons (Fsp3) is 0.750. The highest BCUT2D eigenvalue weighted by molar-refractivity contribution is 5.81. The monoisotopic (exact) mass is 386 g/mol. The van der Waals surface area contributed by atoms with E-state index in [4.69, 9.17) is 15.2 Å². The van der Waals surface area contributed by atoms with Gasteiger partial charge in [-0.1, -0.05) is 6.92 Å². The molecule has 8 heteroatoms. The maximum absolute atomic E-state index is 6.45. The zero-order valence-corrected chi connectivity index (χ0v) is 17.1. The summed E-state index contributed by atoms with van der Waals surface area (Å²) in [4.78, 5) is 15.5. The molecule has 5 atom stereocenters. The number of hydrogen-bond acceptors (Lipinski definition) is 7. The molecular weight excluding hydrogens is 356 g/mol. The summed E-state index contributed by atoms with van der Waals surface area (Å²) in [7, 11) is 2.22. The molecule has 2 aromatic heterocycles. The zero-order valence-electron chi connectivity index (χ0n) is 17.1. The van der Waals surface area contributed by atoms with E-state index in [9.17, 15) is 0 Å². The summed E-state index contributed by atoms with van der Waals surface area (Å²) in [5.41, 5.74) is 7.62. The third-order valence-electron chi connectivity index (χ3n) is 6.83. The quantitative estimate of drug-likeness (QED) is 0.842. The molecule has 152 valence electrons. The van der Waals surface area contributed by atoms with E-state index in [2.05, 4.69) is 38.4 Å². The number of rotatable bonds is 5. The number of ether oxygens (including phenoxy) is 2. The van der Waals surface area contributed by atoms with Crippen LogP contribution in [0.5, 0.6) is 0 Å². The van der Waals surface area contributed by atoms with Crippen molar-refractivity contribution in [3.63, 3.8) is 0 Å². The second-order valence-corrected chi connectivity index (χ2v) is 9.27. The summed E-state index contributed by atoms with van der Waals surface area (Å²) in [6.07, 6.45) is 6.87. The highest BCUT2D eigenvalue weighted by atomic mass is 16.8. The molecule has 1 saturated heterocycles. The van der Waals surface area contributed by atoms with Gasteiger partial charge in [0.15, 0.2) is 17.3 Å². The number of hydrogen-bond donors (Lipinski definition) is 1. The topological polar surface area (TPSA) is 91.3 Å². The molecule has 2 aromatic rings. The molecule has 2 aliphatic carbocycles. The fourth-order valence-electron chi connectivity index (χ4n) is 5.60. The molecular formula is C20H30N6O2. The van der Waals surface area contributed by atoms with E-state index >= 15 is 0 Å². The minimum atomic E-state index is -0.562. The van der Waals surface area contributed by atoms with Crippen LogP contribution in [0.15, 0.2) is 12.7 Å². The molecule has 1 spiro atoms. The lowest BCUT2D eigenvalue weighted by Gasteiger charge is -2.25. The Morgan fingerprint density at radius 3 is 2.86 bits per heavy atom. The summed E-state index contributed by atoms with van der Waals surface area (Å²) in [6, 6.07) is 0.146. The smallest absolute Gasteiger partial charge is 0.165 e. The molecule has 2 saturated carbocycles. The molecule has 2 unspecified atom stereocenters. The van der Waals surface area contributed by atoms with Gasteiger partial charge in [-0.25, -0.2) is 15.0 Å². The molecule has 0 radical (unpaired) electrons. The number of imidazole rings is 1. The Kier molecular flexibility index (Phi) is 3.99. The molecule has 3 aliphatic rings. The lowest BCUT2D eigenvalue weighted by atomic mass is 9.98. The number of nitrogens with two attached hydrogens (primary N) is 1. The van der Waals surface area contributed by atoms with Gasteiger partial charge in [-0.05, 0) is 52.6 Å². The van der Waals surface area contributed by atoms with Crippen molar-refractivity contribution in [1.82, 2.24) is 24.4 Å². The molecule has 3 fully saturated rings. The minimum absolute atomic E-state index is 0.00470. The van der Waals surface area contributed by atoms with Gasteiger partial charge in [0.1, 0.15) is 17.9 Å². The molecule has 3 heterocycles. The van der Waals surface area contributed by atoms with Crippen molar-refractivity contribution in [2.45, 2.75) is 64.1 Å². The first-order valence-corrected chi connectivity index (χ1v) is 10.3. The van der Waals surface area contributed by atoms with E-state index in [1.807, 2.05) is 20.2 Å². The van der Waals surface area contributed by atoms with E-state index in [-0.39, 0.29) is 23.7 Å². The van der Waals surface area contributed by atoms with Crippen LogP contribution < -0.4 is 5.73 Å². The van der Waals surface area contributed by atoms with Crippen molar-refractivity contribution in [1.29, 1.82) is 0 Å². The molecule has 8 nitrogen and oxygen atoms in total. The Bertz CT molecular complexity index is 898. The molecule has 0 bridgehead atoms. The Morgan fingerprint density at radius 1 is 1.25 bits per heavy atom. The third-order valence-corrected chi connectivity index (χ3v) is 6.83. The minimum Gasteiger partial charge on any atom is -0.382 e. The second kappa shape index (κ2) is 6.11. The second-order valence-electron chi connectivity index (χ2n) is 9.27. The summed E-state index contributed by atoms with van der Waals surface area (Å²) >= 11 is 0. The largest absolute Gasteiger partial charge is 0.382 e. The van der Waals surface area contributed by atoms with Crippen molar-refractivity contribution in [2.24, 2.45) is 11.3 Å². The molecule has 2 N–H and O–H groups in total. The Labute approximate surface area is 165 Å². The molecule has 0 amide bonds. The van der Waals surface area contributed by atoms with E-state index in [0.29, 0.717) is 17.3 Å². The normalized spacial score (nSPS) is 35.9. The first kappa shape index (κ1) is 18.3. The van der Waals surface area contributed by atoms with Crippen molar-refractivity contribution >= 4 is 17.0 Å². The van der Waals surface area contributed by atoms with Crippen LogP contribution in [0.25, 0.3) is 11.2 Å². The fourth-order valence-corrected chi connectivity index (χ4v) is 5.60. The average molecular weight is 387 g/mol. The number of anilines is 1. The van der Waals surface area contributed by atoms with Gasteiger partial charge in [0.05, 0.1) is 18.5 Å². The van der Waals surface area contributed by atoms with Crippen LogP contribution in [-0.4, -0.2) is 62.6 Å². The van der Waals surface area contributed by atoms with E-state index in [0.717, 1.165) is 25.2 Å². The van der Waals surface area contributed by atoms with Gasteiger partial charge in [0, 0.05) is 12.0 Å². The number of fused-ring (bicyclic) bond motifs is 3. The van der Waals surface area contributed by atoms with E-state index in [1.54, 1.807) is 0 Å². The van der Waals surface area contributed by atoms with Crippen molar-refractivity contribution in [2.75, 3.05) is 25.9 Å². The first-order valence-electron chi connectivity index (χ1n) is 10.3. The van der Waals surface area contributed by atoms with Crippen molar-refractivity contribution in [3.8, 4) is 0 Å². The Morgan fingerprint density at radius 2 is 2.07 bits per heavy atom. The first-order chi connectivity index (χ1) is 13.3.